The van der Waals surface area contributed by atoms with E-state index in [2.05, 4.69) is 10.1 Å². The summed E-state index contributed by atoms with van der Waals surface area (Å²) in [5.41, 5.74) is 5.53. The quantitative estimate of drug-likeness (QED) is 0.332. The van der Waals surface area contributed by atoms with Crippen LogP contribution in [0.2, 0.25) is 0 Å². The Morgan fingerprint density at radius 3 is 2.72 bits per heavy atom. The second-order valence-electron chi connectivity index (χ2n) is 4.35. The van der Waals surface area contributed by atoms with E-state index < -0.39 is 0 Å². The molecule has 100 valence electrons. The van der Waals surface area contributed by atoms with E-state index in [4.69, 9.17) is 15.7 Å². The van der Waals surface area contributed by atoms with Gasteiger partial charge >= 0.3 is 0 Å². The normalized spacial score (nSPS) is 13.6. The van der Waals surface area contributed by atoms with Crippen LogP contribution < -0.4 is 10.5 Å². The zero-order chi connectivity index (χ0) is 13.4. The Morgan fingerprint density at radius 2 is 2.11 bits per heavy atom. The van der Waals surface area contributed by atoms with Gasteiger partial charge in [-0.1, -0.05) is 30.3 Å². The number of likely N-dealkylation sites (N-methyl/N-ethyl adjacent to an activating group) is 1. The Balaban J connectivity index is 2.23. The Labute approximate surface area is 108 Å². The Kier molecular flexibility index (Phi) is 6.00. The molecular formula is C13H21N3O2. The largest absolute Gasteiger partial charge is 0.492 e. The molecule has 0 spiro atoms. The lowest BCUT2D eigenvalue weighted by molar-refractivity contribution is 0.228. The highest BCUT2D eigenvalue weighted by molar-refractivity contribution is 5.82. The first-order valence-corrected chi connectivity index (χ1v) is 5.97. The summed E-state index contributed by atoms with van der Waals surface area (Å²) in [5.74, 6) is 1.15. The smallest absolute Gasteiger partial charge is 0.143 e. The van der Waals surface area contributed by atoms with Gasteiger partial charge in [-0.05, 0) is 19.2 Å². The molecule has 0 aliphatic carbocycles. The summed E-state index contributed by atoms with van der Waals surface area (Å²) >= 11 is 0. The molecule has 1 atom stereocenters. The monoisotopic (exact) mass is 251 g/mol. The van der Waals surface area contributed by atoms with Crippen molar-refractivity contribution in [3.05, 3.63) is 30.3 Å². The van der Waals surface area contributed by atoms with Crippen molar-refractivity contribution in [3.63, 3.8) is 0 Å². The molecule has 0 aliphatic rings. The van der Waals surface area contributed by atoms with Crippen molar-refractivity contribution >= 4 is 5.84 Å². The predicted octanol–water partition coefficient (Wildman–Crippen LogP) is 1.38. The van der Waals surface area contributed by atoms with Gasteiger partial charge in [-0.15, -0.1) is 0 Å². The van der Waals surface area contributed by atoms with E-state index in [1.165, 1.54) is 0 Å². The highest BCUT2D eigenvalue weighted by Gasteiger charge is 2.10. The van der Waals surface area contributed by atoms with E-state index in [0.717, 1.165) is 18.8 Å². The highest BCUT2D eigenvalue weighted by atomic mass is 16.5. The van der Waals surface area contributed by atoms with Gasteiger partial charge in [0.25, 0.3) is 0 Å². The summed E-state index contributed by atoms with van der Waals surface area (Å²) < 4.78 is 5.59. The van der Waals surface area contributed by atoms with Crippen LogP contribution in [-0.4, -0.2) is 42.7 Å². The van der Waals surface area contributed by atoms with Crippen LogP contribution in [0.15, 0.2) is 35.5 Å². The van der Waals surface area contributed by atoms with Crippen molar-refractivity contribution in [3.8, 4) is 5.75 Å². The SMILES string of the molecule is CC(CN(C)CCOc1ccccc1)C(N)=NO. The Bertz CT molecular complexity index is 368. The first-order chi connectivity index (χ1) is 8.63. The number of rotatable bonds is 7. The molecule has 1 aromatic rings. The molecule has 18 heavy (non-hydrogen) atoms. The lowest BCUT2D eigenvalue weighted by atomic mass is 10.1. The van der Waals surface area contributed by atoms with Crippen molar-refractivity contribution < 1.29 is 9.94 Å². The molecular weight excluding hydrogens is 230 g/mol. The molecule has 3 N–H and O–H groups in total. The standard InChI is InChI=1S/C13H21N3O2/c1-11(13(14)15-17)10-16(2)8-9-18-12-6-4-3-5-7-12/h3-7,11,17H,8-10H2,1-2H3,(H2,14,15). The number of hydrogen-bond acceptors (Lipinski definition) is 4. The second kappa shape index (κ2) is 7.55. The first-order valence-electron chi connectivity index (χ1n) is 5.97. The van der Waals surface area contributed by atoms with E-state index in [1.807, 2.05) is 44.3 Å². The summed E-state index contributed by atoms with van der Waals surface area (Å²) in [6, 6.07) is 9.70. The highest BCUT2D eigenvalue weighted by Crippen LogP contribution is 2.08. The number of ether oxygens (including phenoxy) is 1. The zero-order valence-corrected chi connectivity index (χ0v) is 10.9. The van der Waals surface area contributed by atoms with Gasteiger partial charge in [0, 0.05) is 19.0 Å². The van der Waals surface area contributed by atoms with Crippen LogP contribution in [0.5, 0.6) is 5.75 Å². The fourth-order valence-electron chi connectivity index (χ4n) is 1.59. The average Bonchev–Trinajstić information content (AvgIpc) is 2.38. The number of hydrogen-bond donors (Lipinski definition) is 2. The summed E-state index contributed by atoms with van der Waals surface area (Å²) in [6.07, 6.45) is 0. The van der Waals surface area contributed by atoms with Gasteiger partial charge in [-0.25, -0.2) is 0 Å². The van der Waals surface area contributed by atoms with Gasteiger partial charge < -0.3 is 20.6 Å². The maximum atomic E-state index is 8.56. The van der Waals surface area contributed by atoms with E-state index in [0.29, 0.717) is 6.61 Å². The van der Waals surface area contributed by atoms with Crippen LogP contribution in [-0.2, 0) is 0 Å². The minimum absolute atomic E-state index is 0.0247. The zero-order valence-electron chi connectivity index (χ0n) is 10.9. The number of nitrogens with zero attached hydrogens (tertiary/aromatic N) is 2. The second-order valence-corrected chi connectivity index (χ2v) is 4.35. The molecule has 1 aromatic carbocycles. The van der Waals surface area contributed by atoms with Crippen LogP contribution in [0.4, 0.5) is 0 Å². The molecule has 1 rings (SSSR count). The van der Waals surface area contributed by atoms with E-state index in [-0.39, 0.29) is 11.8 Å². The minimum Gasteiger partial charge on any atom is -0.492 e. The number of nitrogens with two attached hydrogens (primary N) is 1. The topological polar surface area (TPSA) is 71.1 Å². The van der Waals surface area contributed by atoms with E-state index >= 15 is 0 Å². The van der Waals surface area contributed by atoms with Crippen LogP contribution in [0.25, 0.3) is 0 Å². The fourth-order valence-corrected chi connectivity index (χ4v) is 1.59. The lowest BCUT2D eigenvalue weighted by Crippen LogP contribution is -2.34. The van der Waals surface area contributed by atoms with Crippen molar-refractivity contribution in [1.82, 2.24) is 4.90 Å². The molecule has 0 aromatic heterocycles. The molecule has 0 aliphatic heterocycles. The number of oxime groups is 1. The molecule has 0 radical (unpaired) electrons. The molecule has 1 unspecified atom stereocenters. The molecule has 0 amide bonds. The summed E-state index contributed by atoms with van der Waals surface area (Å²) in [5, 5.41) is 11.6. The number of benzene rings is 1. The van der Waals surface area contributed by atoms with Crippen LogP contribution >= 0.6 is 0 Å². The molecule has 5 nitrogen and oxygen atoms in total. The lowest BCUT2D eigenvalue weighted by Gasteiger charge is -2.20. The average molecular weight is 251 g/mol. The van der Waals surface area contributed by atoms with Crippen molar-refractivity contribution in [1.29, 1.82) is 0 Å². The van der Waals surface area contributed by atoms with Gasteiger partial charge in [0.05, 0.1) is 0 Å². The van der Waals surface area contributed by atoms with Gasteiger partial charge in [0.2, 0.25) is 0 Å². The molecule has 0 saturated heterocycles. The molecule has 0 bridgehead atoms. The van der Waals surface area contributed by atoms with Crippen molar-refractivity contribution in [2.24, 2.45) is 16.8 Å². The molecule has 5 heteroatoms. The van der Waals surface area contributed by atoms with Crippen LogP contribution in [0, 0.1) is 5.92 Å². The maximum absolute atomic E-state index is 8.56. The summed E-state index contributed by atoms with van der Waals surface area (Å²) in [7, 11) is 1.98. The molecule has 0 fully saturated rings. The van der Waals surface area contributed by atoms with Crippen LogP contribution in [0.3, 0.4) is 0 Å². The van der Waals surface area contributed by atoms with Crippen molar-refractivity contribution in [2.45, 2.75) is 6.92 Å². The third-order valence-electron chi connectivity index (χ3n) is 2.69. The van der Waals surface area contributed by atoms with E-state index in [9.17, 15) is 0 Å². The molecule has 0 heterocycles. The number of amidine groups is 1. The fraction of sp³-hybridized carbons (Fsp3) is 0.462. The Hall–Kier alpha value is -1.75. The number of para-hydroxylation sites is 1. The van der Waals surface area contributed by atoms with Gasteiger partial charge in [0.1, 0.15) is 18.2 Å². The van der Waals surface area contributed by atoms with E-state index in [1.54, 1.807) is 0 Å². The maximum Gasteiger partial charge on any atom is 0.143 e. The van der Waals surface area contributed by atoms with Crippen molar-refractivity contribution in [2.75, 3.05) is 26.7 Å². The Morgan fingerprint density at radius 1 is 1.44 bits per heavy atom. The third-order valence-corrected chi connectivity index (χ3v) is 2.69. The minimum atomic E-state index is 0.0247. The van der Waals surface area contributed by atoms with Gasteiger partial charge in [0.15, 0.2) is 0 Å². The summed E-state index contributed by atoms with van der Waals surface area (Å²) in [6.45, 7) is 4.05. The van der Waals surface area contributed by atoms with Gasteiger partial charge in [-0.3, -0.25) is 0 Å². The summed E-state index contributed by atoms with van der Waals surface area (Å²) in [4.78, 5) is 2.09. The first kappa shape index (κ1) is 14.3. The third kappa shape index (κ3) is 5.05. The van der Waals surface area contributed by atoms with Gasteiger partial charge in [-0.2, -0.15) is 0 Å². The van der Waals surface area contributed by atoms with Crippen LogP contribution in [0.1, 0.15) is 6.92 Å². The molecule has 0 saturated carbocycles. The predicted molar refractivity (Wildman–Crippen MR) is 72.0 cm³/mol.